The van der Waals surface area contributed by atoms with Gasteiger partial charge in [0.15, 0.2) is 0 Å². The average molecular weight is 518 g/mol. The molecule has 1 fully saturated rings. The number of benzene rings is 3. The van der Waals surface area contributed by atoms with Crippen LogP contribution in [0.25, 0.3) is 0 Å². The van der Waals surface area contributed by atoms with Crippen LogP contribution in [0.2, 0.25) is 0 Å². The number of anilines is 2. The van der Waals surface area contributed by atoms with Gasteiger partial charge in [-0.05, 0) is 55.3 Å². The topological polar surface area (TPSA) is 73.2 Å². The van der Waals surface area contributed by atoms with Crippen molar-refractivity contribution in [3.05, 3.63) is 105 Å². The maximum atomic E-state index is 13.5. The molecule has 1 saturated heterocycles. The lowest BCUT2D eigenvalue weighted by atomic mass is 10.1. The molecule has 0 aliphatic carbocycles. The summed E-state index contributed by atoms with van der Waals surface area (Å²) >= 11 is 4.67. The van der Waals surface area contributed by atoms with E-state index in [1.165, 1.54) is 16.7 Å². The fourth-order valence-electron chi connectivity index (χ4n) is 3.47. The molecule has 1 aliphatic heterocycles. The van der Waals surface area contributed by atoms with Gasteiger partial charge in [0.05, 0.1) is 5.25 Å². The lowest BCUT2D eigenvalue weighted by molar-refractivity contribution is -0.117. The quantitative estimate of drug-likeness (QED) is 0.341. The van der Waals surface area contributed by atoms with Gasteiger partial charge in [-0.2, -0.15) is 5.26 Å². The van der Waals surface area contributed by atoms with Gasteiger partial charge in [0.2, 0.25) is 5.91 Å². The number of aryl methyl sites for hydroxylation is 1. The third-order valence-electron chi connectivity index (χ3n) is 5.16. The van der Waals surface area contributed by atoms with Gasteiger partial charge in [0.1, 0.15) is 16.7 Å². The lowest BCUT2D eigenvalue weighted by Gasteiger charge is -2.19. The fraction of sp³-hybridized carbons (Fsp3) is 0.115. The Hall–Kier alpha value is -3.34. The Bertz CT molecular complexity index is 1250. The van der Waals surface area contributed by atoms with E-state index in [0.717, 1.165) is 15.6 Å². The number of thioether (sulfide) groups is 1. The van der Waals surface area contributed by atoms with E-state index < -0.39 is 11.2 Å². The van der Waals surface area contributed by atoms with E-state index in [9.17, 15) is 14.9 Å². The van der Waals surface area contributed by atoms with E-state index in [0.29, 0.717) is 22.8 Å². The Morgan fingerprint density at radius 2 is 1.73 bits per heavy atom. The summed E-state index contributed by atoms with van der Waals surface area (Å²) in [6, 6.07) is 26.3. The molecule has 0 bridgehead atoms. The maximum absolute atomic E-state index is 13.5. The van der Waals surface area contributed by atoms with Crippen LogP contribution in [-0.2, 0) is 16.0 Å². The second-order valence-electron chi connectivity index (χ2n) is 7.56. The number of hydrogen-bond acceptors (Lipinski definition) is 4. The zero-order valence-corrected chi connectivity index (χ0v) is 20.2. The summed E-state index contributed by atoms with van der Waals surface area (Å²) in [5, 5.41) is 12.6. The van der Waals surface area contributed by atoms with E-state index in [1.54, 1.807) is 24.3 Å². The third kappa shape index (κ3) is 5.19. The van der Waals surface area contributed by atoms with Crippen LogP contribution in [-0.4, -0.2) is 17.1 Å². The first kappa shape index (κ1) is 22.8. The Labute approximate surface area is 205 Å². The maximum Gasteiger partial charge on any atom is 0.269 e. The molecule has 0 spiro atoms. The molecule has 4 rings (SSSR count). The number of amides is 2. The SMILES string of the molecule is Cc1ccc(NC(=O)/C(C#N)=C2\S[C@@H](Cc3ccccc3)C(=O)N2c2ccc(Br)cc2)cc1. The first-order chi connectivity index (χ1) is 16.0. The van der Waals surface area contributed by atoms with Crippen LogP contribution < -0.4 is 10.2 Å². The molecule has 1 heterocycles. The Morgan fingerprint density at radius 3 is 2.36 bits per heavy atom. The van der Waals surface area contributed by atoms with Crippen molar-refractivity contribution in [1.29, 1.82) is 5.26 Å². The van der Waals surface area contributed by atoms with Crippen molar-refractivity contribution in [3.8, 4) is 6.07 Å². The summed E-state index contributed by atoms with van der Waals surface area (Å²) in [6.45, 7) is 1.96. The number of nitrogens with zero attached hydrogens (tertiary/aromatic N) is 2. The first-order valence-corrected chi connectivity index (χ1v) is 12.0. The predicted molar refractivity (Wildman–Crippen MR) is 136 cm³/mol. The summed E-state index contributed by atoms with van der Waals surface area (Å²) in [6.07, 6.45) is 0.499. The highest BCUT2D eigenvalue weighted by Gasteiger charge is 2.40. The monoisotopic (exact) mass is 517 g/mol. The predicted octanol–water partition coefficient (Wildman–Crippen LogP) is 5.82. The molecule has 1 N–H and O–H groups in total. The van der Waals surface area contributed by atoms with E-state index in [4.69, 9.17) is 0 Å². The minimum absolute atomic E-state index is 0.0904. The summed E-state index contributed by atoms with van der Waals surface area (Å²) in [5.74, 6) is -0.698. The molecule has 1 atom stereocenters. The second-order valence-corrected chi connectivity index (χ2v) is 9.67. The van der Waals surface area contributed by atoms with Crippen LogP contribution in [0.15, 0.2) is 93.9 Å². The third-order valence-corrected chi connectivity index (χ3v) is 6.96. The molecule has 3 aromatic rings. The molecular formula is C26H20BrN3O2S. The Kier molecular flexibility index (Phi) is 6.97. The van der Waals surface area contributed by atoms with Gasteiger partial charge in [-0.1, -0.05) is 75.7 Å². The zero-order valence-electron chi connectivity index (χ0n) is 17.8. The highest BCUT2D eigenvalue weighted by Crippen LogP contribution is 2.42. The minimum atomic E-state index is -0.542. The van der Waals surface area contributed by atoms with Crippen molar-refractivity contribution in [1.82, 2.24) is 0 Å². The largest absolute Gasteiger partial charge is 0.321 e. The van der Waals surface area contributed by atoms with Gasteiger partial charge in [-0.15, -0.1) is 0 Å². The number of nitriles is 1. The number of carbonyl (C=O) groups is 2. The van der Waals surface area contributed by atoms with Gasteiger partial charge in [-0.25, -0.2) is 0 Å². The first-order valence-electron chi connectivity index (χ1n) is 10.3. The normalized spacial score (nSPS) is 16.9. The van der Waals surface area contributed by atoms with E-state index in [2.05, 4.69) is 21.2 Å². The summed E-state index contributed by atoms with van der Waals surface area (Å²) < 4.78 is 0.870. The Morgan fingerprint density at radius 1 is 1.06 bits per heavy atom. The van der Waals surface area contributed by atoms with Crippen molar-refractivity contribution < 1.29 is 9.59 Å². The van der Waals surface area contributed by atoms with Crippen LogP contribution in [0.4, 0.5) is 11.4 Å². The molecular weight excluding hydrogens is 498 g/mol. The minimum Gasteiger partial charge on any atom is -0.321 e. The van der Waals surface area contributed by atoms with Crippen LogP contribution >= 0.6 is 27.7 Å². The van der Waals surface area contributed by atoms with E-state index >= 15 is 0 Å². The van der Waals surface area contributed by atoms with Gasteiger partial charge in [0.25, 0.3) is 5.91 Å². The highest BCUT2D eigenvalue weighted by atomic mass is 79.9. The van der Waals surface area contributed by atoms with E-state index in [1.807, 2.05) is 67.6 Å². The summed E-state index contributed by atoms with van der Waals surface area (Å²) in [7, 11) is 0. The van der Waals surface area contributed by atoms with Gasteiger partial charge in [-0.3, -0.25) is 14.5 Å². The van der Waals surface area contributed by atoms with Crippen molar-refractivity contribution in [2.45, 2.75) is 18.6 Å². The molecule has 0 radical (unpaired) electrons. The molecule has 5 nitrogen and oxygen atoms in total. The van der Waals surface area contributed by atoms with Gasteiger partial charge >= 0.3 is 0 Å². The summed E-state index contributed by atoms with van der Waals surface area (Å²) in [5.41, 5.74) is 3.19. The molecule has 0 unspecified atom stereocenters. The van der Waals surface area contributed by atoms with Crippen LogP contribution in [0.3, 0.4) is 0 Å². The number of halogens is 1. The van der Waals surface area contributed by atoms with E-state index in [-0.39, 0.29) is 11.5 Å². The number of rotatable bonds is 5. The second kappa shape index (κ2) is 10.1. The molecule has 164 valence electrons. The molecule has 3 aromatic carbocycles. The van der Waals surface area contributed by atoms with Crippen LogP contribution in [0, 0.1) is 18.3 Å². The number of hydrogen-bond donors (Lipinski definition) is 1. The van der Waals surface area contributed by atoms with Crippen molar-refractivity contribution in [3.63, 3.8) is 0 Å². The highest BCUT2D eigenvalue weighted by molar-refractivity contribution is 9.10. The molecule has 0 saturated carbocycles. The molecule has 7 heteroatoms. The molecule has 1 aliphatic rings. The molecule has 0 aromatic heterocycles. The lowest BCUT2D eigenvalue weighted by Crippen LogP contribution is -2.30. The molecule has 33 heavy (non-hydrogen) atoms. The van der Waals surface area contributed by atoms with Crippen molar-refractivity contribution >= 4 is 50.9 Å². The number of nitrogens with one attached hydrogen (secondary N) is 1. The summed E-state index contributed by atoms with van der Waals surface area (Å²) in [4.78, 5) is 28.0. The number of carbonyl (C=O) groups excluding carboxylic acids is 2. The Balaban J connectivity index is 1.72. The fourth-order valence-corrected chi connectivity index (χ4v) is 5.04. The average Bonchev–Trinajstić information content (AvgIpc) is 3.12. The standard InChI is InChI=1S/C26H20BrN3O2S/c1-17-7-11-20(12-8-17)29-24(31)22(16-28)26-30(21-13-9-19(27)10-14-21)25(32)23(33-26)15-18-5-3-2-4-6-18/h2-14,23H,15H2,1H3,(H,29,31)/b26-22-/t23-/m0/s1. The van der Waals surface area contributed by atoms with Gasteiger partial charge < -0.3 is 5.32 Å². The van der Waals surface area contributed by atoms with Crippen molar-refractivity contribution in [2.75, 3.05) is 10.2 Å². The smallest absolute Gasteiger partial charge is 0.269 e. The van der Waals surface area contributed by atoms with Gasteiger partial charge in [0, 0.05) is 15.8 Å². The van der Waals surface area contributed by atoms with Crippen LogP contribution in [0.5, 0.6) is 0 Å². The van der Waals surface area contributed by atoms with Crippen LogP contribution in [0.1, 0.15) is 11.1 Å². The van der Waals surface area contributed by atoms with Crippen molar-refractivity contribution in [2.24, 2.45) is 0 Å². The molecule has 2 amide bonds. The zero-order chi connectivity index (χ0) is 23.4.